The Bertz CT molecular complexity index is 329. The van der Waals surface area contributed by atoms with E-state index >= 15 is 0 Å². The predicted molar refractivity (Wildman–Crippen MR) is 57.8 cm³/mol. The highest BCUT2D eigenvalue weighted by Crippen LogP contribution is 2.42. The van der Waals surface area contributed by atoms with Gasteiger partial charge < -0.3 is 9.64 Å². The summed E-state index contributed by atoms with van der Waals surface area (Å²) < 4.78 is 40.2. The van der Waals surface area contributed by atoms with Gasteiger partial charge in [-0.05, 0) is 19.3 Å². The topological polar surface area (TPSA) is 41.6 Å². The van der Waals surface area contributed by atoms with E-state index in [9.17, 15) is 18.0 Å². The van der Waals surface area contributed by atoms with Gasteiger partial charge in [0.25, 0.3) is 0 Å². The molecule has 1 heterocycles. The van der Waals surface area contributed by atoms with Gasteiger partial charge in [0.05, 0.1) is 18.3 Å². The second-order valence-corrected chi connectivity index (χ2v) is 4.82. The van der Waals surface area contributed by atoms with Gasteiger partial charge in [-0.1, -0.05) is 6.92 Å². The summed E-state index contributed by atoms with van der Waals surface area (Å²) in [6, 6.07) is 0. The van der Waals surface area contributed by atoms with Crippen molar-refractivity contribution in [2.45, 2.75) is 44.1 Å². The molecule has 1 spiro atoms. The first-order valence-electron chi connectivity index (χ1n) is 6.11. The molecule has 7 heteroatoms. The molecule has 0 bridgehead atoms. The van der Waals surface area contributed by atoms with Gasteiger partial charge in [-0.15, -0.1) is 0 Å². The monoisotopic (exact) mass is 266 g/mol. The van der Waals surface area contributed by atoms with Crippen LogP contribution in [0, 0.1) is 0 Å². The highest BCUT2D eigenvalue weighted by Gasteiger charge is 2.58. The molecule has 1 saturated heterocycles. The Morgan fingerprint density at radius 2 is 2.17 bits per heavy atom. The maximum atomic E-state index is 12.0. The van der Waals surface area contributed by atoms with Crippen LogP contribution in [0.4, 0.5) is 13.2 Å². The summed E-state index contributed by atoms with van der Waals surface area (Å²) in [5, 5.41) is 3.25. The van der Waals surface area contributed by atoms with E-state index in [1.165, 1.54) is 0 Å². The van der Waals surface area contributed by atoms with Gasteiger partial charge in [0.2, 0.25) is 5.91 Å². The molecule has 1 aliphatic carbocycles. The third kappa shape index (κ3) is 2.77. The maximum Gasteiger partial charge on any atom is 0.411 e. The van der Waals surface area contributed by atoms with Crippen molar-refractivity contribution in [2.75, 3.05) is 19.8 Å². The van der Waals surface area contributed by atoms with Crippen molar-refractivity contribution in [1.82, 2.24) is 10.2 Å². The van der Waals surface area contributed by atoms with E-state index in [1.807, 2.05) is 6.92 Å². The quantitative estimate of drug-likeness (QED) is 0.762. The van der Waals surface area contributed by atoms with Gasteiger partial charge in [0, 0.05) is 6.54 Å². The zero-order valence-electron chi connectivity index (χ0n) is 10.2. The molecule has 0 aromatic heterocycles. The Morgan fingerprint density at radius 3 is 2.67 bits per heavy atom. The fraction of sp³-hybridized carbons (Fsp3) is 0.909. The molecule has 1 unspecified atom stereocenters. The fourth-order valence-electron chi connectivity index (χ4n) is 2.29. The molecule has 1 atom stereocenters. The van der Waals surface area contributed by atoms with Crippen LogP contribution in [0.1, 0.15) is 26.2 Å². The van der Waals surface area contributed by atoms with Crippen LogP contribution in [0.15, 0.2) is 0 Å². The Balaban J connectivity index is 1.79. The second kappa shape index (κ2) is 4.70. The average Bonchev–Trinajstić information content (AvgIpc) is 3.00. The molecule has 0 aromatic rings. The lowest BCUT2D eigenvalue weighted by Crippen LogP contribution is -2.39. The van der Waals surface area contributed by atoms with Crippen molar-refractivity contribution >= 4 is 5.91 Å². The van der Waals surface area contributed by atoms with Gasteiger partial charge in [-0.25, -0.2) is 0 Å². The summed E-state index contributed by atoms with van der Waals surface area (Å²) >= 11 is 0. The summed E-state index contributed by atoms with van der Waals surface area (Å²) in [6.45, 7) is 0.808. The van der Waals surface area contributed by atoms with Crippen LogP contribution in [-0.2, 0) is 9.53 Å². The maximum absolute atomic E-state index is 12.0. The second-order valence-electron chi connectivity index (χ2n) is 4.82. The van der Waals surface area contributed by atoms with Crippen LogP contribution >= 0.6 is 0 Å². The van der Waals surface area contributed by atoms with Crippen molar-refractivity contribution in [1.29, 1.82) is 0 Å². The van der Waals surface area contributed by atoms with Crippen LogP contribution in [0.2, 0.25) is 0 Å². The van der Waals surface area contributed by atoms with Gasteiger partial charge in [0.15, 0.2) is 0 Å². The Labute approximate surface area is 103 Å². The first kappa shape index (κ1) is 13.6. The number of amides is 1. The normalized spacial score (nSPS) is 26.1. The van der Waals surface area contributed by atoms with Crippen molar-refractivity contribution in [3.8, 4) is 0 Å². The molecule has 1 saturated carbocycles. The van der Waals surface area contributed by atoms with Crippen LogP contribution in [0.3, 0.4) is 0 Å². The molecule has 18 heavy (non-hydrogen) atoms. The van der Waals surface area contributed by atoms with E-state index in [4.69, 9.17) is 0 Å². The molecular weight excluding hydrogens is 249 g/mol. The largest absolute Gasteiger partial charge is 0.411 e. The number of carbonyl (C=O) groups is 1. The summed E-state index contributed by atoms with van der Waals surface area (Å²) in [7, 11) is 0. The number of nitrogens with one attached hydrogen (secondary N) is 1. The van der Waals surface area contributed by atoms with Crippen molar-refractivity contribution in [2.24, 2.45) is 0 Å². The molecule has 0 radical (unpaired) electrons. The molecule has 2 fully saturated rings. The molecule has 2 rings (SSSR count). The number of halogens is 3. The number of ether oxygens (including phenoxy) is 1. The highest BCUT2D eigenvalue weighted by atomic mass is 19.4. The number of rotatable bonds is 5. The van der Waals surface area contributed by atoms with E-state index < -0.39 is 18.3 Å². The van der Waals surface area contributed by atoms with Crippen molar-refractivity contribution in [3.63, 3.8) is 0 Å². The molecule has 104 valence electrons. The fourth-order valence-corrected chi connectivity index (χ4v) is 2.29. The zero-order chi connectivity index (χ0) is 13.4. The number of alkyl halides is 3. The van der Waals surface area contributed by atoms with Crippen LogP contribution in [0.5, 0.6) is 0 Å². The standard InChI is InChI=1S/C11H17F3N2O2/c1-2-8-15-10(3-4-10)9(17)16(8)5-6-18-7-11(12,13)14/h8,15H,2-7H2,1H3. The van der Waals surface area contributed by atoms with Crippen LogP contribution in [-0.4, -0.2) is 48.4 Å². The van der Waals surface area contributed by atoms with Gasteiger partial charge in [-0.3, -0.25) is 10.1 Å². The Hall–Kier alpha value is -0.820. The number of hydrogen-bond acceptors (Lipinski definition) is 3. The molecule has 1 N–H and O–H groups in total. The van der Waals surface area contributed by atoms with E-state index in [-0.39, 0.29) is 25.2 Å². The van der Waals surface area contributed by atoms with Gasteiger partial charge in [-0.2, -0.15) is 13.2 Å². The molecule has 4 nitrogen and oxygen atoms in total. The minimum atomic E-state index is -4.31. The lowest BCUT2D eigenvalue weighted by atomic mass is 10.3. The minimum Gasteiger partial charge on any atom is -0.370 e. The first-order chi connectivity index (χ1) is 8.38. The predicted octanol–water partition coefficient (Wildman–Crippen LogP) is 1.27. The molecular formula is C11H17F3N2O2. The zero-order valence-corrected chi connectivity index (χ0v) is 10.2. The Kier molecular flexibility index (Phi) is 3.55. The summed E-state index contributed by atoms with van der Waals surface area (Å²) in [5.74, 6) is 0.00459. The molecule has 1 amide bonds. The SMILES string of the molecule is CCC1NC2(CC2)C(=O)N1CCOCC(F)(F)F. The summed E-state index contributed by atoms with van der Waals surface area (Å²) in [5.41, 5.74) is -0.412. The number of carbonyl (C=O) groups excluding carboxylic acids is 1. The van der Waals surface area contributed by atoms with Gasteiger partial charge >= 0.3 is 6.18 Å². The van der Waals surface area contributed by atoms with Crippen molar-refractivity contribution < 1.29 is 22.7 Å². The Morgan fingerprint density at radius 1 is 1.50 bits per heavy atom. The molecule has 2 aliphatic rings. The number of hydrogen-bond donors (Lipinski definition) is 1. The third-order valence-corrected chi connectivity index (χ3v) is 3.37. The van der Waals surface area contributed by atoms with Crippen LogP contribution < -0.4 is 5.32 Å². The number of nitrogens with zero attached hydrogens (tertiary/aromatic N) is 1. The molecule has 1 aliphatic heterocycles. The minimum absolute atomic E-state index is 0.00459. The first-order valence-corrected chi connectivity index (χ1v) is 6.11. The third-order valence-electron chi connectivity index (χ3n) is 3.37. The van der Waals surface area contributed by atoms with E-state index in [0.717, 1.165) is 19.3 Å². The average molecular weight is 266 g/mol. The van der Waals surface area contributed by atoms with E-state index in [0.29, 0.717) is 0 Å². The van der Waals surface area contributed by atoms with E-state index in [1.54, 1.807) is 4.90 Å². The van der Waals surface area contributed by atoms with E-state index in [2.05, 4.69) is 10.1 Å². The summed E-state index contributed by atoms with van der Waals surface area (Å²) in [6.07, 6.45) is -2.00. The molecule has 0 aromatic carbocycles. The highest BCUT2D eigenvalue weighted by molar-refractivity contribution is 5.91. The lowest BCUT2D eigenvalue weighted by molar-refractivity contribution is -0.175. The van der Waals surface area contributed by atoms with Crippen LogP contribution in [0.25, 0.3) is 0 Å². The van der Waals surface area contributed by atoms with Gasteiger partial charge in [0.1, 0.15) is 6.61 Å². The lowest BCUT2D eigenvalue weighted by Gasteiger charge is -2.23. The van der Waals surface area contributed by atoms with Crippen molar-refractivity contribution in [3.05, 3.63) is 0 Å². The summed E-state index contributed by atoms with van der Waals surface area (Å²) in [4.78, 5) is 13.6. The smallest absolute Gasteiger partial charge is 0.370 e.